The van der Waals surface area contributed by atoms with Gasteiger partial charge in [0, 0.05) is 36.9 Å². The average Bonchev–Trinajstić information content (AvgIpc) is 2.68. The lowest BCUT2D eigenvalue weighted by Gasteiger charge is -2.18. The molecule has 0 spiro atoms. The largest absolute Gasteiger partial charge is 0.366 e. The van der Waals surface area contributed by atoms with Crippen LogP contribution in [-0.2, 0) is 13.1 Å². The number of amides is 1. The fourth-order valence-corrected chi connectivity index (χ4v) is 2.84. The molecule has 0 bridgehead atoms. The topological polar surface area (TPSA) is 45.2 Å². The first kappa shape index (κ1) is 18.0. The van der Waals surface area contributed by atoms with Crippen molar-refractivity contribution in [2.24, 2.45) is 0 Å². The van der Waals surface area contributed by atoms with E-state index in [-0.39, 0.29) is 5.91 Å². The Labute approximate surface area is 158 Å². The first-order valence-electron chi connectivity index (χ1n) is 8.36. The van der Waals surface area contributed by atoms with Crippen molar-refractivity contribution in [3.63, 3.8) is 0 Å². The van der Waals surface area contributed by atoms with Crippen LogP contribution in [0.5, 0.6) is 0 Å². The number of anilines is 1. The Morgan fingerprint density at radius 2 is 1.81 bits per heavy atom. The number of benzene rings is 2. The highest BCUT2D eigenvalue weighted by Crippen LogP contribution is 2.17. The van der Waals surface area contributed by atoms with Crippen molar-refractivity contribution in [3.05, 3.63) is 94.6 Å². The van der Waals surface area contributed by atoms with Crippen molar-refractivity contribution < 1.29 is 4.79 Å². The number of carbonyl (C=O) groups excluding carboxylic acids is 1. The molecule has 3 rings (SSSR count). The molecule has 0 fully saturated rings. The van der Waals surface area contributed by atoms with Gasteiger partial charge in [0.1, 0.15) is 5.82 Å². The summed E-state index contributed by atoms with van der Waals surface area (Å²) in [5.41, 5.74) is 2.67. The van der Waals surface area contributed by atoms with E-state index in [0.717, 1.165) is 11.1 Å². The summed E-state index contributed by atoms with van der Waals surface area (Å²) in [6, 6.07) is 21.0. The molecular formula is C21H20ClN3O. The lowest BCUT2D eigenvalue weighted by Crippen LogP contribution is -2.26. The molecule has 1 amide bonds. The van der Waals surface area contributed by atoms with Crippen molar-refractivity contribution in [1.82, 2.24) is 9.88 Å². The van der Waals surface area contributed by atoms with Gasteiger partial charge in [0.2, 0.25) is 0 Å². The van der Waals surface area contributed by atoms with Crippen molar-refractivity contribution in [2.75, 3.05) is 12.4 Å². The molecule has 0 saturated heterocycles. The van der Waals surface area contributed by atoms with E-state index in [1.807, 2.05) is 54.6 Å². The van der Waals surface area contributed by atoms with Crippen molar-refractivity contribution in [1.29, 1.82) is 0 Å². The Kier molecular flexibility index (Phi) is 5.87. The number of halogens is 1. The second-order valence-corrected chi connectivity index (χ2v) is 6.43. The van der Waals surface area contributed by atoms with Gasteiger partial charge in [0.05, 0.1) is 0 Å². The van der Waals surface area contributed by atoms with Crippen molar-refractivity contribution in [2.45, 2.75) is 13.1 Å². The van der Waals surface area contributed by atoms with E-state index in [4.69, 9.17) is 11.6 Å². The first-order chi connectivity index (χ1) is 12.6. The molecule has 0 aliphatic carbocycles. The highest BCUT2D eigenvalue weighted by Gasteiger charge is 2.13. The summed E-state index contributed by atoms with van der Waals surface area (Å²) < 4.78 is 0. The number of rotatable bonds is 6. The van der Waals surface area contributed by atoms with Crippen LogP contribution in [-0.4, -0.2) is 22.8 Å². The summed E-state index contributed by atoms with van der Waals surface area (Å²) in [6.07, 6.45) is 1.64. The number of aromatic nitrogens is 1. The summed E-state index contributed by atoms with van der Waals surface area (Å²) in [5.74, 6) is 0.598. The van der Waals surface area contributed by atoms with E-state index in [2.05, 4.69) is 10.3 Å². The van der Waals surface area contributed by atoms with Gasteiger partial charge in [-0.2, -0.15) is 0 Å². The van der Waals surface area contributed by atoms with Gasteiger partial charge in [0.15, 0.2) is 0 Å². The number of carbonyl (C=O) groups is 1. The molecule has 0 atom stereocenters. The first-order valence-corrected chi connectivity index (χ1v) is 8.74. The Morgan fingerprint density at radius 3 is 2.58 bits per heavy atom. The molecule has 0 saturated carbocycles. The molecule has 2 aromatic carbocycles. The second-order valence-electron chi connectivity index (χ2n) is 6.02. The standard InChI is InChI=1S/C21H20ClN3O/c1-25(15-16-7-3-2-4-8-16)21(26)17-11-12-23-20(13-17)24-14-18-9-5-6-10-19(18)22/h2-13H,14-15H2,1H3,(H,23,24). The third-order valence-electron chi connectivity index (χ3n) is 4.03. The van der Waals surface area contributed by atoms with Crippen LogP contribution in [0.25, 0.3) is 0 Å². The molecule has 26 heavy (non-hydrogen) atoms. The van der Waals surface area contributed by atoms with Gasteiger partial charge in [-0.05, 0) is 29.3 Å². The van der Waals surface area contributed by atoms with Gasteiger partial charge in [0.25, 0.3) is 5.91 Å². The molecule has 3 aromatic rings. The maximum Gasteiger partial charge on any atom is 0.254 e. The molecule has 132 valence electrons. The molecule has 0 unspecified atom stereocenters. The predicted octanol–water partition coefficient (Wildman–Crippen LogP) is 4.62. The van der Waals surface area contributed by atoms with E-state index in [1.54, 1.807) is 30.3 Å². The summed E-state index contributed by atoms with van der Waals surface area (Å²) in [5, 5.41) is 3.92. The third-order valence-corrected chi connectivity index (χ3v) is 4.40. The molecular weight excluding hydrogens is 346 g/mol. The van der Waals surface area contributed by atoms with Crippen LogP contribution in [0.4, 0.5) is 5.82 Å². The van der Waals surface area contributed by atoms with Crippen LogP contribution in [0.15, 0.2) is 72.9 Å². The number of pyridine rings is 1. The smallest absolute Gasteiger partial charge is 0.254 e. The summed E-state index contributed by atoms with van der Waals surface area (Å²) >= 11 is 6.17. The number of hydrogen-bond donors (Lipinski definition) is 1. The fourth-order valence-electron chi connectivity index (χ4n) is 2.64. The second kappa shape index (κ2) is 8.50. The lowest BCUT2D eigenvalue weighted by molar-refractivity contribution is 0.0785. The Hall–Kier alpha value is -2.85. The van der Waals surface area contributed by atoms with Gasteiger partial charge in [-0.1, -0.05) is 60.1 Å². The minimum atomic E-state index is -0.0444. The third kappa shape index (κ3) is 4.61. The Bertz CT molecular complexity index is 883. The normalized spacial score (nSPS) is 10.4. The quantitative estimate of drug-likeness (QED) is 0.693. The maximum absolute atomic E-state index is 12.7. The van der Waals surface area contributed by atoms with Gasteiger partial charge < -0.3 is 10.2 Å². The molecule has 5 heteroatoms. The van der Waals surface area contributed by atoms with Crippen LogP contribution in [0.1, 0.15) is 21.5 Å². The highest BCUT2D eigenvalue weighted by atomic mass is 35.5. The Morgan fingerprint density at radius 1 is 1.08 bits per heavy atom. The van der Waals surface area contributed by atoms with Crippen LogP contribution in [0, 0.1) is 0 Å². The Balaban J connectivity index is 1.66. The number of nitrogens with one attached hydrogen (secondary N) is 1. The van der Waals surface area contributed by atoms with Crippen molar-refractivity contribution >= 4 is 23.3 Å². The van der Waals surface area contributed by atoms with Gasteiger partial charge >= 0.3 is 0 Å². The molecule has 4 nitrogen and oxygen atoms in total. The van der Waals surface area contributed by atoms with Crippen LogP contribution in [0.2, 0.25) is 5.02 Å². The highest BCUT2D eigenvalue weighted by molar-refractivity contribution is 6.31. The molecule has 1 heterocycles. The zero-order valence-electron chi connectivity index (χ0n) is 14.5. The van der Waals surface area contributed by atoms with E-state index < -0.39 is 0 Å². The SMILES string of the molecule is CN(Cc1ccccc1)C(=O)c1ccnc(NCc2ccccc2Cl)c1. The molecule has 1 N–H and O–H groups in total. The van der Waals surface area contributed by atoms with Gasteiger partial charge in [-0.25, -0.2) is 4.98 Å². The lowest BCUT2D eigenvalue weighted by atomic mass is 10.2. The van der Waals surface area contributed by atoms with Gasteiger partial charge in [-0.3, -0.25) is 4.79 Å². The van der Waals surface area contributed by atoms with Gasteiger partial charge in [-0.15, -0.1) is 0 Å². The number of hydrogen-bond acceptors (Lipinski definition) is 3. The predicted molar refractivity (Wildman–Crippen MR) is 105 cm³/mol. The summed E-state index contributed by atoms with van der Waals surface area (Å²) in [6.45, 7) is 1.11. The summed E-state index contributed by atoms with van der Waals surface area (Å²) in [4.78, 5) is 18.7. The molecule has 0 aliphatic heterocycles. The minimum Gasteiger partial charge on any atom is -0.366 e. The minimum absolute atomic E-state index is 0.0444. The monoisotopic (exact) mass is 365 g/mol. The maximum atomic E-state index is 12.7. The van der Waals surface area contributed by atoms with Crippen LogP contribution in [0.3, 0.4) is 0 Å². The van der Waals surface area contributed by atoms with E-state index in [9.17, 15) is 4.79 Å². The number of nitrogens with zero attached hydrogens (tertiary/aromatic N) is 2. The summed E-state index contributed by atoms with van der Waals surface area (Å²) in [7, 11) is 1.80. The zero-order chi connectivity index (χ0) is 18.4. The van der Waals surface area contributed by atoms with E-state index in [0.29, 0.717) is 29.5 Å². The van der Waals surface area contributed by atoms with Crippen LogP contribution < -0.4 is 5.32 Å². The average molecular weight is 366 g/mol. The van der Waals surface area contributed by atoms with E-state index in [1.165, 1.54) is 0 Å². The molecule has 1 aromatic heterocycles. The zero-order valence-corrected chi connectivity index (χ0v) is 15.3. The van der Waals surface area contributed by atoms with E-state index >= 15 is 0 Å². The molecule has 0 aliphatic rings. The van der Waals surface area contributed by atoms with Crippen molar-refractivity contribution in [3.8, 4) is 0 Å². The molecule has 0 radical (unpaired) electrons. The van der Waals surface area contributed by atoms with Crippen LogP contribution >= 0.6 is 11.6 Å². The fraction of sp³-hybridized carbons (Fsp3) is 0.143.